The first-order valence-electron chi connectivity index (χ1n) is 8.54. The van der Waals surface area contributed by atoms with E-state index in [0.29, 0.717) is 23.1 Å². The smallest absolute Gasteiger partial charge is 0.193 e. The van der Waals surface area contributed by atoms with Crippen LogP contribution < -0.4 is 10.1 Å². The molecule has 0 aliphatic carbocycles. The molecule has 2 aliphatic rings. The van der Waals surface area contributed by atoms with Crippen molar-refractivity contribution in [1.29, 1.82) is 0 Å². The van der Waals surface area contributed by atoms with E-state index in [-0.39, 0.29) is 41.8 Å². The van der Waals surface area contributed by atoms with Gasteiger partial charge in [-0.2, -0.15) is 0 Å². The van der Waals surface area contributed by atoms with Crippen molar-refractivity contribution >= 4 is 51.4 Å². The number of hydrogen-bond acceptors (Lipinski definition) is 4. The zero-order valence-corrected chi connectivity index (χ0v) is 18.6. The third-order valence-electron chi connectivity index (χ3n) is 4.66. The van der Waals surface area contributed by atoms with Crippen LogP contribution in [0.1, 0.15) is 12.8 Å². The molecule has 2 heterocycles. The second kappa shape index (κ2) is 9.45. The highest BCUT2D eigenvalue weighted by atomic mass is 127. The van der Waals surface area contributed by atoms with Crippen molar-refractivity contribution in [3.05, 3.63) is 29.3 Å². The number of nitrogens with one attached hydrogen (secondary N) is 1. The van der Waals surface area contributed by atoms with Gasteiger partial charge < -0.3 is 15.0 Å². The van der Waals surface area contributed by atoms with E-state index in [9.17, 15) is 8.42 Å². The van der Waals surface area contributed by atoms with Crippen LogP contribution in [0.25, 0.3) is 0 Å². The van der Waals surface area contributed by atoms with Gasteiger partial charge in [0.1, 0.15) is 11.9 Å². The molecule has 26 heavy (non-hydrogen) atoms. The number of hydrogen-bond donors (Lipinski definition) is 1. The second-order valence-corrected chi connectivity index (χ2v) is 9.24. The lowest BCUT2D eigenvalue weighted by molar-refractivity contribution is 0.214. The summed E-state index contributed by atoms with van der Waals surface area (Å²) in [5, 5.41) is 3.93. The summed E-state index contributed by atoms with van der Waals surface area (Å²) in [5.74, 6) is 2.24. The Bertz CT molecular complexity index is 745. The van der Waals surface area contributed by atoms with Crippen LogP contribution >= 0.6 is 35.6 Å². The normalized spacial score (nSPS) is 25.0. The fraction of sp³-hybridized carbons (Fsp3) is 0.588. The van der Waals surface area contributed by atoms with Gasteiger partial charge in [-0.3, -0.25) is 4.99 Å². The molecule has 2 saturated heterocycles. The maximum absolute atomic E-state index is 11.6. The van der Waals surface area contributed by atoms with Gasteiger partial charge in [0.25, 0.3) is 0 Å². The monoisotopic (exact) mass is 513 g/mol. The van der Waals surface area contributed by atoms with E-state index in [1.165, 1.54) is 0 Å². The number of benzene rings is 1. The van der Waals surface area contributed by atoms with Crippen LogP contribution in [0.4, 0.5) is 0 Å². The lowest BCUT2D eigenvalue weighted by Crippen LogP contribution is -2.42. The van der Waals surface area contributed by atoms with Crippen LogP contribution in [0.2, 0.25) is 5.02 Å². The highest BCUT2D eigenvalue weighted by Gasteiger charge is 2.30. The number of guanidine groups is 1. The van der Waals surface area contributed by atoms with E-state index in [4.69, 9.17) is 16.3 Å². The lowest BCUT2D eigenvalue weighted by Gasteiger charge is -2.23. The minimum Gasteiger partial charge on any atom is -0.487 e. The van der Waals surface area contributed by atoms with E-state index >= 15 is 0 Å². The molecule has 1 N–H and O–H groups in total. The summed E-state index contributed by atoms with van der Waals surface area (Å²) in [6.45, 7) is 2.21. The Kier molecular flexibility index (Phi) is 7.84. The van der Waals surface area contributed by atoms with E-state index in [1.807, 2.05) is 24.3 Å². The standard InChI is InChI=1S/C17H24ClN3O3S.HI/c1-19-17(20-10-13-7-9-25(22,23)12-13)21-8-6-14(11-21)24-16-5-3-2-4-15(16)18;/h2-5,13-14H,6-12H2,1H3,(H,19,20);1H. The lowest BCUT2D eigenvalue weighted by atomic mass is 10.1. The van der Waals surface area contributed by atoms with Crippen LogP contribution in [0.3, 0.4) is 0 Å². The molecular formula is C17H25ClIN3O3S. The Morgan fingerprint density at radius 2 is 2.15 bits per heavy atom. The number of para-hydroxylation sites is 1. The van der Waals surface area contributed by atoms with Gasteiger partial charge in [0.15, 0.2) is 15.8 Å². The van der Waals surface area contributed by atoms with Gasteiger partial charge >= 0.3 is 0 Å². The van der Waals surface area contributed by atoms with Crippen molar-refractivity contribution < 1.29 is 13.2 Å². The molecule has 0 radical (unpaired) electrons. The molecule has 0 amide bonds. The third-order valence-corrected chi connectivity index (χ3v) is 6.81. The molecule has 0 aromatic heterocycles. The topological polar surface area (TPSA) is 71.0 Å². The summed E-state index contributed by atoms with van der Waals surface area (Å²) in [4.78, 5) is 6.47. The van der Waals surface area contributed by atoms with Crippen molar-refractivity contribution in [1.82, 2.24) is 10.2 Å². The van der Waals surface area contributed by atoms with Gasteiger partial charge in [-0.15, -0.1) is 24.0 Å². The summed E-state index contributed by atoms with van der Waals surface area (Å²) >= 11 is 6.15. The van der Waals surface area contributed by atoms with Gasteiger partial charge in [-0.05, 0) is 24.5 Å². The molecule has 1 aromatic carbocycles. The van der Waals surface area contributed by atoms with Gasteiger partial charge in [0.05, 0.1) is 23.1 Å². The average molecular weight is 514 g/mol. The van der Waals surface area contributed by atoms with E-state index in [1.54, 1.807) is 7.05 Å². The quantitative estimate of drug-likeness (QED) is 0.380. The molecule has 0 bridgehead atoms. The number of sulfone groups is 1. The van der Waals surface area contributed by atoms with Crippen molar-refractivity contribution in [2.45, 2.75) is 18.9 Å². The number of ether oxygens (including phenoxy) is 1. The Morgan fingerprint density at radius 1 is 1.38 bits per heavy atom. The summed E-state index contributed by atoms with van der Waals surface area (Å²) in [5.41, 5.74) is 0. The molecule has 1 aromatic rings. The first kappa shape index (κ1) is 21.6. The Hall–Kier alpha value is -0.740. The SMILES string of the molecule is CN=C(NCC1CCS(=O)(=O)C1)N1CCC(Oc2ccccc2Cl)C1.I. The Labute approximate surface area is 177 Å². The zero-order valence-electron chi connectivity index (χ0n) is 14.7. The molecular weight excluding hydrogens is 489 g/mol. The number of nitrogens with zero attached hydrogens (tertiary/aromatic N) is 2. The minimum absolute atomic E-state index is 0. The largest absolute Gasteiger partial charge is 0.487 e. The predicted molar refractivity (Wildman–Crippen MR) is 116 cm³/mol. The van der Waals surface area contributed by atoms with Crippen molar-refractivity contribution in [2.75, 3.05) is 38.2 Å². The molecule has 3 rings (SSSR count). The second-order valence-electron chi connectivity index (χ2n) is 6.60. The fourth-order valence-corrected chi connectivity index (χ4v) is 5.38. The Balaban J connectivity index is 0.00000243. The van der Waals surface area contributed by atoms with E-state index in [0.717, 1.165) is 31.9 Å². The van der Waals surface area contributed by atoms with E-state index < -0.39 is 9.84 Å². The molecule has 2 aliphatic heterocycles. The number of aliphatic imine (C=N–C) groups is 1. The van der Waals surface area contributed by atoms with Crippen LogP contribution in [0.5, 0.6) is 5.75 Å². The predicted octanol–water partition coefficient (Wildman–Crippen LogP) is 2.42. The first-order chi connectivity index (χ1) is 12.0. The van der Waals surface area contributed by atoms with E-state index in [2.05, 4.69) is 15.2 Å². The van der Waals surface area contributed by atoms with Gasteiger partial charge in [0, 0.05) is 26.6 Å². The van der Waals surface area contributed by atoms with Gasteiger partial charge in [-0.1, -0.05) is 23.7 Å². The van der Waals surface area contributed by atoms with Crippen molar-refractivity contribution in [3.63, 3.8) is 0 Å². The highest BCUT2D eigenvalue weighted by molar-refractivity contribution is 14.0. The van der Waals surface area contributed by atoms with Crippen LogP contribution in [-0.4, -0.2) is 63.6 Å². The molecule has 0 spiro atoms. The van der Waals surface area contributed by atoms with Gasteiger partial charge in [-0.25, -0.2) is 8.42 Å². The first-order valence-corrected chi connectivity index (χ1v) is 10.7. The number of halogens is 2. The zero-order chi connectivity index (χ0) is 17.9. The van der Waals surface area contributed by atoms with Crippen molar-refractivity contribution in [3.8, 4) is 5.75 Å². The fourth-order valence-electron chi connectivity index (χ4n) is 3.34. The molecule has 0 saturated carbocycles. The maximum atomic E-state index is 11.6. The number of rotatable bonds is 4. The summed E-state index contributed by atoms with van der Waals surface area (Å²) in [7, 11) is -1.10. The average Bonchev–Trinajstić information content (AvgIpc) is 3.17. The molecule has 9 heteroatoms. The van der Waals surface area contributed by atoms with Crippen LogP contribution in [0.15, 0.2) is 29.3 Å². The Morgan fingerprint density at radius 3 is 2.81 bits per heavy atom. The summed E-state index contributed by atoms with van der Waals surface area (Å²) < 4.78 is 29.1. The molecule has 2 unspecified atom stereocenters. The third kappa shape index (κ3) is 5.63. The van der Waals surface area contributed by atoms with Gasteiger partial charge in [0.2, 0.25) is 0 Å². The molecule has 146 valence electrons. The summed E-state index contributed by atoms with van der Waals surface area (Å²) in [6, 6.07) is 7.48. The maximum Gasteiger partial charge on any atom is 0.193 e. The van der Waals surface area contributed by atoms with Crippen molar-refractivity contribution in [2.24, 2.45) is 10.9 Å². The van der Waals surface area contributed by atoms with Crippen LogP contribution in [-0.2, 0) is 9.84 Å². The van der Waals surface area contributed by atoms with Crippen LogP contribution in [0, 0.1) is 5.92 Å². The minimum atomic E-state index is -2.84. The highest BCUT2D eigenvalue weighted by Crippen LogP contribution is 2.26. The molecule has 2 atom stereocenters. The number of likely N-dealkylation sites (tertiary alicyclic amines) is 1. The summed E-state index contributed by atoms with van der Waals surface area (Å²) in [6.07, 6.45) is 1.68. The molecule has 2 fully saturated rings. The molecule has 6 nitrogen and oxygen atoms in total.